The number of benzene rings is 2. The van der Waals surface area contributed by atoms with Gasteiger partial charge in [-0.1, -0.05) is 73.5 Å². The molecule has 32 heavy (non-hydrogen) atoms. The van der Waals surface area contributed by atoms with Crippen LogP contribution in [0.15, 0.2) is 60.8 Å². The summed E-state index contributed by atoms with van der Waals surface area (Å²) in [5.41, 5.74) is 7.63. The van der Waals surface area contributed by atoms with Gasteiger partial charge in [-0.2, -0.15) is 5.10 Å². The second-order valence-corrected chi connectivity index (χ2v) is 8.08. The molecule has 0 aliphatic heterocycles. The first kappa shape index (κ1) is 21.8. The predicted molar refractivity (Wildman–Crippen MR) is 128 cm³/mol. The SMILES string of the molecule is CCCC(C(=O)OCC)c1c(C)nc2c(-c3ccccc3)cnn2c1-c1ccc(C)cc1. The van der Waals surface area contributed by atoms with Crippen molar-refractivity contribution in [2.75, 3.05) is 6.61 Å². The van der Waals surface area contributed by atoms with Crippen LogP contribution >= 0.6 is 0 Å². The third kappa shape index (κ3) is 4.03. The minimum absolute atomic E-state index is 0.206. The van der Waals surface area contributed by atoms with Gasteiger partial charge in [-0.15, -0.1) is 0 Å². The average molecular weight is 428 g/mol. The highest BCUT2D eigenvalue weighted by atomic mass is 16.5. The van der Waals surface area contributed by atoms with Gasteiger partial charge in [-0.05, 0) is 32.8 Å². The summed E-state index contributed by atoms with van der Waals surface area (Å²) in [5.74, 6) is -0.597. The summed E-state index contributed by atoms with van der Waals surface area (Å²) in [6, 6.07) is 18.5. The number of aromatic nitrogens is 3. The number of carbonyl (C=O) groups excluding carboxylic acids is 1. The Balaban J connectivity index is 2.03. The van der Waals surface area contributed by atoms with E-state index in [2.05, 4.69) is 50.2 Å². The summed E-state index contributed by atoms with van der Waals surface area (Å²) in [4.78, 5) is 18.0. The molecule has 164 valence electrons. The molecule has 0 aliphatic carbocycles. The first-order valence-corrected chi connectivity index (χ1v) is 11.2. The number of esters is 1. The Kier molecular flexibility index (Phi) is 6.35. The van der Waals surface area contributed by atoms with E-state index in [1.165, 1.54) is 5.56 Å². The van der Waals surface area contributed by atoms with Gasteiger partial charge in [-0.25, -0.2) is 9.50 Å². The molecule has 1 atom stereocenters. The van der Waals surface area contributed by atoms with Gasteiger partial charge in [0.2, 0.25) is 0 Å². The molecule has 0 spiro atoms. The first-order chi connectivity index (χ1) is 15.5. The molecule has 4 aromatic rings. The van der Waals surface area contributed by atoms with E-state index >= 15 is 0 Å². The van der Waals surface area contributed by atoms with Gasteiger partial charge >= 0.3 is 5.97 Å². The second kappa shape index (κ2) is 9.35. The number of ether oxygens (including phenoxy) is 1. The van der Waals surface area contributed by atoms with Gasteiger partial charge in [0.05, 0.1) is 24.4 Å². The lowest BCUT2D eigenvalue weighted by Crippen LogP contribution is -2.20. The Bertz CT molecular complexity index is 1230. The molecular formula is C27H29N3O2. The lowest BCUT2D eigenvalue weighted by molar-refractivity contribution is -0.145. The molecule has 0 saturated heterocycles. The van der Waals surface area contributed by atoms with Crippen LogP contribution in [0, 0.1) is 13.8 Å². The van der Waals surface area contributed by atoms with E-state index in [1.54, 1.807) is 0 Å². The molecule has 2 aromatic carbocycles. The first-order valence-electron chi connectivity index (χ1n) is 11.2. The van der Waals surface area contributed by atoms with E-state index in [0.717, 1.165) is 45.7 Å². The summed E-state index contributed by atoms with van der Waals surface area (Å²) >= 11 is 0. The molecule has 4 rings (SSSR count). The van der Waals surface area contributed by atoms with Crippen molar-refractivity contribution in [3.63, 3.8) is 0 Å². The lowest BCUT2D eigenvalue weighted by Gasteiger charge is -2.22. The number of hydrogen-bond donors (Lipinski definition) is 0. The fourth-order valence-electron chi connectivity index (χ4n) is 4.26. The molecule has 0 bridgehead atoms. The zero-order valence-corrected chi connectivity index (χ0v) is 19.1. The number of nitrogens with zero attached hydrogens (tertiary/aromatic N) is 3. The number of carbonyl (C=O) groups is 1. The maximum atomic E-state index is 13.0. The summed E-state index contributed by atoms with van der Waals surface area (Å²) < 4.78 is 7.35. The van der Waals surface area contributed by atoms with Crippen molar-refractivity contribution < 1.29 is 9.53 Å². The minimum atomic E-state index is -0.391. The summed E-state index contributed by atoms with van der Waals surface area (Å²) in [5, 5.41) is 4.75. The highest BCUT2D eigenvalue weighted by molar-refractivity contribution is 5.85. The number of hydrogen-bond acceptors (Lipinski definition) is 4. The Morgan fingerprint density at radius 3 is 2.38 bits per heavy atom. The van der Waals surface area contributed by atoms with E-state index in [1.807, 2.05) is 42.8 Å². The molecule has 5 heteroatoms. The Morgan fingerprint density at radius 2 is 1.72 bits per heavy atom. The number of aryl methyl sites for hydroxylation is 2. The smallest absolute Gasteiger partial charge is 0.313 e. The molecule has 0 fully saturated rings. The van der Waals surface area contributed by atoms with E-state index in [9.17, 15) is 4.79 Å². The van der Waals surface area contributed by atoms with Crippen LogP contribution in [0.3, 0.4) is 0 Å². The maximum absolute atomic E-state index is 13.0. The molecule has 0 N–H and O–H groups in total. The third-order valence-electron chi connectivity index (χ3n) is 5.78. The van der Waals surface area contributed by atoms with E-state index < -0.39 is 5.92 Å². The quantitative estimate of drug-likeness (QED) is 0.333. The van der Waals surface area contributed by atoms with Gasteiger partial charge in [0.25, 0.3) is 0 Å². The zero-order valence-electron chi connectivity index (χ0n) is 19.1. The van der Waals surface area contributed by atoms with Crippen LogP contribution in [-0.4, -0.2) is 27.2 Å². The third-order valence-corrected chi connectivity index (χ3v) is 5.78. The van der Waals surface area contributed by atoms with Crippen LogP contribution in [0.2, 0.25) is 0 Å². The van der Waals surface area contributed by atoms with Crippen LogP contribution < -0.4 is 0 Å². The lowest BCUT2D eigenvalue weighted by atomic mass is 9.89. The van der Waals surface area contributed by atoms with Crippen LogP contribution in [0.4, 0.5) is 0 Å². The topological polar surface area (TPSA) is 56.5 Å². The summed E-state index contributed by atoms with van der Waals surface area (Å²) in [6.07, 6.45) is 3.42. The van der Waals surface area contributed by atoms with Crippen molar-refractivity contribution >= 4 is 11.6 Å². The fraction of sp³-hybridized carbons (Fsp3) is 0.296. The summed E-state index contributed by atoms with van der Waals surface area (Å²) in [6.45, 7) is 8.33. The molecular weight excluding hydrogens is 398 g/mol. The largest absolute Gasteiger partial charge is 0.466 e. The second-order valence-electron chi connectivity index (χ2n) is 8.08. The van der Waals surface area contributed by atoms with Crippen molar-refractivity contribution in [3.8, 4) is 22.4 Å². The fourth-order valence-corrected chi connectivity index (χ4v) is 4.26. The van der Waals surface area contributed by atoms with Crippen molar-refractivity contribution in [2.45, 2.75) is 46.5 Å². The number of rotatable bonds is 7. The van der Waals surface area contributed by atoms with Gasteiger partial charge < -0.3 is 4.74 Å². The molecule has 0 saturated carbocycles. The average Bonchev–Trinajstić information content (AvgIpc) is 3.21. The molecule has 2 aromatic heterocycles. The van der Waals surface area contributed by atoms with Gasteiger partial charge in [0.1, 0.15) is 0 Å². The zero-order chi connectivity index (χ0) is 22.7. The van der Waals surface area contributed by atoms with Gasteiger partial charge in [0.15, 0.2) is 5.65 Å². The molecule has 0 aliphatic rings. The Hall–Kier alpha value is -3.47. The molecule has 0 amide bonds. The van der Waals surface area contributed by atoms with Gasteiger partial charge in [-0.3, -0.25) is 4.79 Å². The van der Waals surface area contributed by atoms with Crippen molar-refractivity contribution in [1.82, 2.24) is 14.6 Å². The molecule has 0 radical (unpaired) electrons. The van der Waals surface area contributed by atoms with Gasteiger partial charge in [0, 0.05) is 22.4 Å². The van der Waals surface area contributed by atoms with E-state index in [4.69, 9.17) is 14.8 Å². The van der Waals surface area contributed by atoms with E-state index in [0.29, 0.717) is 13.0 Å². The van der Waals surface area contributed by atoms with Crippen molar-refractivity contribution in [2.24, 2.45) is 0 Å². The Labute approximate surface area is 189 Å². The monoisotopic (exact) mass is 427 g/mol. The molecule has 5 nitrogen and oxygen atoms in total. The van der Waals surface area contributed by atoms with Crippen LogP contribution in [-0.2, 0) is 9.53 Å². The Morgan fingerprint density at radius 1 is 1.00 bits per heavy atom. The van der Waals surface area contributed by atoms with E-state index in [-0.39, 0.29) is 5.97 Å². The van der Waals surface area contributed by atoms with Crippen LogP contribution in [0.25, 0.3) is 28.0 Å². The number of fused-ring (bicyclic) bond motifs is 1. The normalized spacial score (nSPS) is 12.1. The summed E-state index contributed by atoms with van der Waals surface area (Å²) in [7, 11) is 0. The minimum Gasteiger partial charge on any atom is -0.466 e. The molecule has 2 heterocycles. The van der Waals surface area contributed by atoms with Crippen LogP contribution in [0.5, 0.6) is 0 Å². The van der Waals surface area contributed by atoms with Crippen molar-refractivity contribution in [3.05, 3.63) is 77.6 Å². The highest BCUT2D eigenvalue weighted by Gasteiger charge is 2.29. The maximum Gasteiger partial charge on any atom is 0.313 e. The van der Waals surface area contributed by atoms with Crippen molar-refractivity contribution in [1.29, 1.82) is 0 Å². The molecule has 1 unspecified atom stereocenters. The predicted octanol–water partition coefficient (Wildman–Crippen LogP) is 6.13. The highest BCUT2D eigenvalue weighted by Crippen LogP contribution is 2.37. The van der Waals surface area contributed by atoms with Crippen LogP contribution in [0.1, 0.15) is 49.4 Å². The standard InChI is InChI=1S/C27H29N3O2/c1-5-10-22(27(31)32-6-2)24-19(4)29-26-23(20-11-8-7-9-12-20)17-28-30(26)25(24)21-15-13-18(3)14-16-21/h7-9,11-17,22H,5-6,10H2,1-4H3.